The normalized spacial score (nSPS) is 11.8. The second-order valence-electron chi connectivity index (χ2n) is 6.45. The van der Waals surface area contributed by atoms with Gasteiger partial charge in [-0.1, -0.05) is 54.9 Å². The molecule has 0 saturated carbocycles. The molecule has 0 aliphatic heterocycles. The van der Waals surface area contributed by atoms with Crippen LogP contribution in [0.1, 0.15) is 26.3 Å². The zero-order valence-electron chi connectivity index (χ0n) is 12.8. The first-order chi connectivity index (χ1) is 10.3. The summed E-state index contributed by atoms with van der Waals surface area (Å²) in [6.07, 6.45) is 0. The molecule has 3 rings (SSSR count). The van der Waals surface area contributed by atoms with Gasteiger partial charge in [-0.25, -0.2) is 4.79 Å². The van der Waals surface area contributed by atoms with Crippen molar-refractivity contribution >= 4 is 26.9 Å². The fourth-order valence-corrected chi connectivity index (χ4v) is 2.76. The third-order valence-electron chi connectivity index (χ3n) is 3.76. The highest BCUT2D eigenvalue weighted by atomic mass is 79.9. The van der Waals surface area contributed by atoms with Gasteiger partial charge >= 0.3 is 5.63 Å². The fourth-order valence-electron chi connectivity index (χ4n) is 2.50. The molecule has 0 spiro atoms. The topological polar surface area (TPSA) is 30.2 Å². The zero-order chi connectivity index (χ0) is 15.9. The first-order valence-corrected chi connectivity index (χ1v) is 7.98. The van der Waals surface area contributed by atoms with Gasteiger partial charge in [-0.05, 0) is 46.4 Å². The van der Waals surface area contributed by atoms with Crippen molar-refractivity contribution in [2.24, 2.45) is 0 Å². The zero-order valence-corrected chi connectivity index (χ0v) is 14.4. The van der Waals surface area contributed by atoms with Crippen LogP contribution in [0, 0.1) is 0 Å². The van der Waals surface area contributed by atoms with E-state index in [4.69, 9.17) is 4.42 Å². The molecule has 112 valence electrons. The Hall–Kier alpha value is -1.87. The summed E-state index contributed by atoms with van der Waals surface area (Å²) in [6.45, 7) is 6.52. The Bertz CT molecular complexity index is 884. The van der Waals surface area contributed by atoms with Crippen LogP contribution in [0.25, 0.3) is 22.1 Å². The van der Waals surface area contributed by atoms with E-state index in [1.54, 1.807) is 6.07 Å². The molecule has 3 aromatic rings. The second kappa shape index (κ2) is 5.40. The second-order valence-corrected chi connectivity index (χ2v) is 7.36. The van der Waals surface area contributed by atoms with E-state index >= 15 is 0 Å². The predicted molar refractivity (Wildman–Crippen MR) is 94.3 cm³/mol. The average Bonchev–Trinajstić information content (AvgIpc) is 2.45. The molecular weight excluding hydrogens is 340 g/mol. The van der Waals surface area contributed by atoms with E-state index in [0.717, 1.165) is 21.0 Å². The molecule has 0 atom stereocenters. The fraction of sp³-hybridized carbons (Fsp3) is 0.211. The molecule has 3 heteroatoms. The first-order valence-electron chi connectivity index (χ1n) is 7.19. The maximum Gasteiger partial charge on any atom is 0.336 e. The van der Waals surface area contributed by atoms with Gasteiger partial charge in [-0.15, -0.1) is 0 Å². The van der Waals surface area contributed by atoms with Crippen LogP contribution < -0.4 is 5.63 Å². The van der Waals surface area contributed by atoms with Gasteiger partial charge in [0.15, 0.2) is 0 Å². The summed E-state index contributed by atoms with van der Waals surface area (Å²) >= 11 is 3.44. The molecular formula is C19H17BrO2. The summed E-state index contributed by atoms with van der Waals surface area (Å²) in [6, 6.07) is 15.6. The Morgan fingerprint density at radius 3 is 2.27 bits per heavy atom. The molecule has 0 fully saturated rings. The van der Waals surface area contributed by atoms with E-state index in [1.807, 2.05) is 36.4 Å². The third-order valence-corrected chi connectivity index (χ3v) is 4.29. The number of rotatable bonds is 1. The van der Waals surface area contributed by atoms with Gasteiger partial charge in [0.2, 0.25) is 0 Å². The average molecular weight is 357 g/mol. The summed E-state index contributed by atoms with van der Waals surface area (Å²) in [5, 5.41) is 0.967. The smallest absolute Gasteiger partial charge is 0.336 e. The molecule has 0 N–H and O–H groups in total. The number of benzene rings is 2. The minimum Gasteiger partial charge on any atom is -0.423 e. The van der Waals surface area contributed by atoms with E-state index in [1.165, 1.54) is 5.56 Å². The molecule has 0 saturated heterocycles. The summed E-state index contributed by atoms with van der Waals surface area (Å²) in [5.74, 6) is 0. The Labute approximate surface area is 137 Å². The molecule has 0 unspecified atom stereocenters. The summed E-state index contributed by atoms with van der Waals surface area (Å²) in [5.41, 5.74) is 3.47. The van der Waals surface area contributed by atoms with Crippen LogP contribution in [0.2, 0.25) is 0 Å². The van der Waals surface area contributed by atoms with Gasteiger partial charge in [0, 0.05) is 15.9 Å². The summed E-state index contributed by atoms with van der Waals surface area (Å²) in [7, 11) is 0. The van der Waals surface area contributed by atoms with Crippen molar-refractivity contribution in [3.05, 3.63) is 69.0 Å². The van der Waals surface area contributed by atoms with Crippen molar-refractivity contribution in [2.75, 3.05) is 0 Å². The van der Waals surface area contributed by atoms with Crippen molar-refractivity contribution in [2.45, 2.75) is 26.2 Å². The van der Waals surface area contributed by atoms with Crippen LogP contribution in [-0.4, -0.2) is 0 Å². The number of hydrogen-bond acceptors (Lipinski definition) is 2. The van der Waals surface area contributed by atoms with E-state index in [-0.39, 0.29) is 11.0 Å². The number of hydrogen-bond donors (Lipinski definition) is 0. The Balaban J connectivity index is 2.32. The van der Waals surface area contributed by atoms with E-state index in [9.17, 15) is 4.79 Å². The Kier molecular flexibility index (Phi) is 3.69. The predicted octanol–water partition coefficient (Wildman–Crippen LogP) is 5.52. The van der Waals surface area contributed by atoms with Gasteiger partial charge in [-0.3, -0.25) is 0 Å². The van der Waals surface area contributed by atoms with Crippen LogP contribution in [0.5, 0.6) is 0 Å². The molecule has 2 aromatic carbocycles. The standard InChI is InChI=1S/C19H17BrO2/c1-19(2,3)13-6-9-17-16(10-13)15(11-18(21)22-17)12-4-7-14(20)8-5-12/h4-11H,1-3H3. The quantitative estimate of drug-likeness (QED) is 0.537. The van der Waals surface area contributed by atoms with Gasteiger partial charge in [0.25, 0.3) is 0 Å². The minimum absolute atomic E-state index is 0.0430. The lowest BCUT2D eigenvalue weighted by atomic mass is 9.85. The van der Waals surface area contributed by atoms with E-state index in [0.29, 0.717) is 5.58 Å². The SMILES string of the molecule is CC(C)(C)c1ccc2oc(=O)cc(-c3ccc(Br)cc3)c2c1. The lowest BCUT2D eigenvalue weighted by Crippen LogP contribution is -2.11. The highest BCUT2D eigenvalue weighted by molar-refractivity contribution is 9.10. The molecule has 0 amide bonds. The first kappa shape index (κ1) is 15.0. The van der Waals surface area contributed by atoms with Crippen LogP contribution in [0.4, 0.5) is 0 Å². The highest BCUT2D eigenvalue weighted by Gasteiger charge is 2.16. The molecule has 0 aliphatic carbocycles. The Morgan fingerprint density at radius 1 is 0.955 bits per heavy atom. The third kappa shape index (κ3) is 2.86. The van der Waals surface area contributed by atoms with Gasteiger partial charge in [0.1, 0.15) is 5.58 Å². The molecule has 0 aliphatic rings. The molecule has 0 bridgehead atoms. The minimum atomic E-state index is -0.325. The largest absolute Gasteiger partial charge is 0.423 e. The van der Waals surface area contributed by atoms with Crippen LogP contribution in [0.15, 0.2) is 62.2 Å². The van der Waals surface area contributed by atoms with Crippen molar-refractivity contribution in [1.82, 2.24) is 0 Å². The van der Waals surface area contributed by atoms with Gasteiger partial charge in [0.05, 0.1) is 0 Å². The maximum absolute atomic E-state index is 11.9. The maximum atomic E-state index is 11.9. The van der Waals surface area contributed by atoms with Crippen LogP contribution in [0.3, 0.4) is 0 Å². The molecule has 1 aromatic heterocycles. The van der Waals surface area contributed by atoms with E-state index in [2.05, 4.69) is 42.8 Å². The Morgan fingerprint density at radius 2 is 1.64 bits per heavy atom. The monoisotopic (exact) mass is 356 g/mol. The van der Waals surface area contributed by atoms with Crippen molar-refractivity contribution in [3.63, 3.8) is 0 Å². The van der Waals surface area contributed by atoms with Crippen LogP contribution in [-0.2, 0) is 5.41 Å². The van der Waals surface area contributed by atoms with Crippen molar-refractivity contribution < 1.29 is 4.42 Å². The molecule has 2 nitrogen and oxygen atoms in total. The van der Waals surface area contributed by atoms with E-state index < -0.39 is 0 Å². The summed E-state index contributed by atoms with van der Waals surface area (Å²) < 4.78 is 6.36. The molecule has 1 heterocycles. The lowest BCUT2D eigenvalue weighted by molar-refractivity contribution is 0.559. The molecule has 22 heavy (non-hydrogen) atoms. The number of halogens is 1. The number of fused-ring (bicyclic) bond motifs is 1. The van der Waals surface area contributed by atoms with Crippen molar-refractivity contribution in [3.8, 4) is 11.1 Å². The molecule has 0 radical (unpaired) electrons. The summed E-state index contributed by atoms with van der Waals surface area (Å²) in [4.78, 5) is 11.9. The van der Waals surface area contributed by atoms with Gasteiger partial charge < -0.3 is 4.42 Å². The van der Waals surface area contributed by atoms with Crippen molar-refractivity contribution in [1.29, 1.82) is 0 Å². The lowest BCUT2D eigenvalue weighted by Gasteiger charge is -2.19. The van der Waals surface area contributed by atoms with Gasteiger partial charge in [-0.2, -0.15) is 0 Å². The van der Waals surface area contributed by atoms with Crippen LogP contribution >= 0.6 is 15.9 Å². The highest BCUT2D eigenvalue weighted by Crippen LogP contribution is 2.32.